The van der Waals surface area contributed by atoms with E-state index in [1.807, 2.05) is 30.3 Å². The Morgan fingerprint density at radius 1 is 0.952 bits per heavy atom. The summed E-state index contributed by atoms with van der Waals surface area (Å²) in [7, 11) is -1.68. The number of hydrogen-bond acceptors (Lipinski definition) is 4. The van der Waals surface area contributed by atoms with Crippen molar-refractivity contribution >= 4 is 39.3 Å². The molecule has 0 bridgehead atoms. The largest absolute Gasteiger partial charge is 0.352 e. The Balaban J connectivity index is 1.77. The molecule has 224 valence electrons. The van der Waals surface area contributed by atoms with Crippen molar-refractivity contribution in [2.24, 2.45) is 0 Å². The summed E-state index contributed by atoms with van der Waals surface area (Å²) in [5, 5.41) is 3.51. The molecule has 3 aromatic carbocycles. The van der Waals surface area contributed by atoms with Crippen molar-refractivity contribution in [2.75, 3.05) is 24.9 Å². The predicted octanol–water partition coefficient (Wildman–Crippen LogP) is 4.79. The van der Waals surface area contributed by atoms with Crippen LogP contribution in [0.25, 0.3) is 0 Å². The minimum Gasteiger partial charge on any atom is -0.352 e. The fourth-order valence-corrected chi connectivity index (χ4v) is 6.35. The van der Waals surface area contributed by atoms with E-state index >= 15 is 0 Å². The molecular weight excluding hydrogens is 579 g/mol. The zero-order chi connectivity index (χ0) is 30.3. The van der Waals surface area contributed by atoms with E-state index in [4.69, 9.17) is 11.6 Å². The molecule has 0 saturated heterocycles. The van der Waals surface area contributed by atoms with Crippen LogP contribution in [0.15, 0.2) is 78.9 Å². The van der Waals surface area contributed by atoms with E-state index in [1.165, 1.54) is 37.2 Å². The number of hydrogen-bond donors (Lipinski definition) is 1. The maximum atomic E-state index is 15.0. The van der Waals surface area contributed by atoms with E-state index in [0.717, 1.165) is 45.9 Å². The summed E-state index contributed by atoms with van der Waals surface area (Å²) in [6.45, 7) is -0.783. The number of nitrogens with zero attached hydrogens (tertiary/aromatic N) is 3. The Bertz CT molecular complexity index is 1480. The summed E-state index contributed by atoms with van der Waals surface area (Å²) < 4.78 is 43.4. The summed E-state index contributed by atoms with van der Waals surface area (Å²) in [4.78, 5) is 29.5. The molecular formula is C31H36ClFN4O4S. The van der Waals surface area contributed by atoms with Gasteiger partial charge in [0.25, 0.3) is 0 Å². The fourth-order valence-electron chi connectivity index (χ4n) is 5.09. The van der Waals surface area contributed by atoms with Gasteiger partial charge in [-0.2, -0.15) is 12.7 Å². The molecule has 42 heavy (non-hydrogen) atoms. The molecule has 1 atom stereocenters. The van der Waals surface area contributed by atoms with Crippen molar-refractivity contribution in [1.82, 2.24) is 14.5 Å². The average molecular weight is 615 g/mol. The zero-order valence-corrected chi connectivity index (χ0v) is 25.3. The first-order valence-corrected chi connectivity index (χ1v) is 15.7. The molecule has 3 aromatic rings. The number of amides is 2. The summed E-state index contributed by atoms with van der Waals surface area (Å²) in [6, 6.07) is 20.7. The van der Waals surface area contributed by atoms with Gasteiger partial charge in [0.2, 0.25) is 11.8 Å². The maximum absolute atomic E-state index is 15.0. The number of carbonyl (C=O) groups excluding carboxylic acids is 2. The van der Waals surface area contributed by atoms with Gasteiger partial charge in [-0.25, -0.2) is 8.70 Å². The molecule has 8 nitrogen and oxygen atoms in total. The summed E-state index contributed by atoms with van der Waals surface area (Å²) in [6.07, 6.45) is 3.91. The minimum atomic E-state index is -4.30. The number of anilines is 1. The Morgan fingerprint density at radius 2 is 1.57 bits per heavy atom. The number of para-hydroxylation sites is 1. The Morgan fingerprint density at radius 3 is 2.21 bits per heavy atom. The van der Waals surface area contributed by atoms with Crippen LogP contribution in [0, 0.1) is 5.82 Å². The zero-order valence-electron chi connectivity index (χ0n) is 23.7. The average Bonchev–Trinajstić information content (AvgIpc) is 3.48. The van der Waals surface area contributed by atoms with Gasteiger partial charge in [0.1, 0.15) is 18.4 Å². The smallest absolute Gasteiger partial charge is 0.304 e. The third-order valence-electron chi connectivity index (χ3n) is 7.41. The monoisotopic (exact) mass is 614 g/mol. The highest BCUT2D eigenvalue weighted by Crippen LogP contribution is 2.26. The number of nitrogens with one attached hydrogen (secondary N) is 1. The van der Waals surface area contributed by atoms with Gasteiger partial charge < -0.3 is 10.2 Å². The third kappa shape index (κ3) is 7.67. The first-order chi connectivity index (χ1) is 20.1. The van der Waals surface area contributed by atoms with Gasteiger partial charge in [-0.05, 0) is 42.2 Å². The molecule has 0 spiro atoms. The molecule has 1 aliphatic rings. The van der Waals surface area contributed by atoms with Crippen LogP contribution in [-0.4, -0.2) is 62.2 Å². The highest BCUT2D eigenvalue weighted by Gasteiger charge is 2.36. The van der Waals surface area contributed by atoms with Gasteiger partial charge in [-0.1, -0.05) is 85.1 Å². The van der Waals surface area contributed by atoms with Crippen molar-refractivity contribution in [3.05, 3.63) is 101 Å². The Hall–Kier alpha value is -3.47. The second-order valence-corrected chi connectivity index (χ2v) is 13.0. The lowest BCUT2D eigenvalue weighted by Gasteiger charge is -2.35. The predicted molar refractivity (Wildman–Crippen MR) is 163 cm³/mol. The van der Waals surface area contributed by atoms with Crippen LogP contribution in [0.1, 0.15) is 36.8 Å². The summed E-state index contributed by atoms with van der Waals surface area (Å²) >= 11 is 6.49. The number of carbonyl (C=O) groups is 2. The molecule has 1 saturated carbocycles. The second kappa shape index (κ2) is 14.1. The lowest BCUT2D eigenvalue weighted by Crippen LogP contribution is -2.55. The summed E-state index contributed by atoms with van der Waals surface area (Å²) in [5.74, 6) is -1.81. The molecule has 0 heterocycles. The number of halogens is 2. The number of benzene rings is 3. The van der Waals surface area contributed by atoms with Gasteiger partial charge in [0.15, 0.2) is 0 Å². The lowest BCUT2D eigenvalue weighted by molar-refractivity contribution is -0.140. The normalized spacial score (nSPS) is 14.5. The van der Waals surface area contributed by atoms with Gasteiger partial charge in [0, 0.05) is 38.1 Å². The first-order valence-electron chi connectivity index (χ1n) is 13.9. The molecule has 1 fully saturated rings. The fraction of sp³-hybridized carbons (Fsp3) is 0.355. The quantitative estimate of drug-likeness (QED) is 0.318. The highest BCUT2D eigenvalue weighted by molar-refractivity contribution is 7.90. The molecule has 1 unspecified atom stereocenters. The van der Waals surface area contributed by atoms with Gasteiger partial charge >= 0.3 is 10.2 Å². The molecule has 0 aliphatic heterocycles. The maximum Gasteiger partial charge on any atom is 0.304 e. The minimum absolute atomic E-state index is 0.00271. The van der Waals surface area contributed by atoms with E-state index in [9.17, 15) is 22.4 Å². The lowest BCUT2D eigenvalue weighted by atomic mass is 10.0. The van der Waals surface area contributed by atoms with Crippen molar-refractivity contribution < 1.29 is 22.4 Å². The van der Waals surface area contributed by atoms with Crippen LogP contribution in [-0.2, 0) is 32.8 Å². The number of rotatable bonds is 12. The van der Waals surface area contributed by atoms with Crippen LogP contribution in [0.3, 0.4) is 0 Å². The van der Waals surface area contributed by atoms with Crippen LogP contribution in [0.5, 0.6) is 0 Å². The first kappa shape index (κ1) is 31.5. The Labute approximate surface area is 252 Å². The van der Waals surface area contributed by atoms with Crippen molar-refractivity contribution in [2.45, 2.75) is 50.7 Å². The molecule has 1 aliphatic carbocycles. The SMILES string of the molecule is CN(C)S(=O)(=O)N(CC(=O)N(Cc1ccccc1Cl)C(Cc1ccccc1)C(=O)NC1CCCC1)c1ccccc1F. The van der Waals surface area contributed by atoms with Gasteiger partial charge in [-0.15, -0.1) is 0 Å². The van der Waals surface area contributed by atoms with E-state index in [1.54, 1.807) is 24.3 Å². The van der Waals surface area contributed by atoms with Gasteiger partial charge in [-0.3, -0.25) is 9.59 Å². The highest BCUT2D eigenvalue weighted by atomic mass is 35.5. The Kier molecular flexibility index (Phi) is 10.6. The van der Waals surface area contributed by atoms with E-state index in [2.05, 4.69) is 5.32 Å². The van der Waals surface area contributed by atoms with E-state index < -0.39 is 34.5 Å². The third-order valence-corrected chi connectivity index (χ3v) is 9.59. The van der Waals surface area contributed by atoms with Gasteiger partial charge in [0.05, 0.1) is 5.69 Å². The van der Waals surface area contributed by atoms with Crippen LogP contribution >= 0.6 is 11.6 Å². The van der Waals surface area contributed by atoms with Crippen molar-refractivity contribution in [1.29, 1.82) is 0 Å². The second-order valence-electron chi connectivity index (χ2n) is 10.6. The molecule has 0 radical (unpaired) electrons. The molecule has 0 aromatic heterocycles. The molecule has 1 N–H and O–H groups in total. The van der Waals surface area contributed by atoms with Crippen LogP contribution < -0.4 is 9.62 Å². The van der Waals surface area contributed by atoms with Crippen molar-refractivity contribution in [3.8, 4) is 0 Å². The van der Waals surface area contributed by atoms with E-state index in [-0.39, 0.29) is 30.6 Å². The van der Waals surface area contributed by atoms with Crippen LogP contribution in [0.4, 0.5) is 10.1 Å². The molecule has 11 heteroatoms. The van der Waals surface area contributed by atoms with Crippen molar-refractivity contribution in [3.63, 3.8) is 0 Å². The molecule has 2 amide bonds. The summed E-state index contributed by atoms with van der Waals surface area (Å²) in [5.41, 5.74) is 1.15. The standard InChI is InChI=1S/C31H36ClFN4O4S/c1-35(2)42(40,41)37(28-19-11-10-18-27(28)33)22-30(38)36(21-24-14-6-9-17-26(24)32)29(20-23-12-4-3-5-13-23)31(39)34-25-15-7-8-16-25/h3-6,9-14,17-19,25,29H,7-8,15-16,20-22H2,1-2H3,(H,34,39). The van der Waals surface area contributed by atoms with E-state index in [0.29, 0.717) is 10.6 Å². The van der Waals surface area contributed by atoms with Crippen LogP contribution in [0.2, 0.25) is 5.02 Å². The topological polar surface area (TPSA) is 90.0 Å². The molecule has 4 rings (SSSR count).